The van der Waals surface area contributed by atoms with Crippen molar-refractivity contribution in [3.05, 3.63) is 95.4 Å². The third kappa shape index (κ3) is 2.88. The maximum Gasteiger partial charge on any atom is 0.0775 e. The molecule has 5 rings (SSSR count). The number of H-pyrrole nitrogens is 1. The number of hydrogen-bond donors (Lipinski definition) is 2. The summed E-state index contributed by atoms with van der Waals surface area (Å²) in [6.45, 7) is 1.92. The predicted octanol–water partition coefficient (Wildman–Crippen LogP) is 4.29. The maximum absolute atomic E-state index is 6.06. The van der Waals surface area contributed by atoms with Gasteiger partial charge in [-0.15, -0.1) is 0 Å². The Balaban J connectivity index is 1.63. The molecule has 2 aromatic heterocycles. The topological polar surface area (TPSA) is 57.9 Å². The number of aromatic nitrogens is 2. The van der Waals surface area contributed by atoms with Crippen LogP contribution in [-0.4, -0.2) is 21.4 Å². The average molecular weight is 354 g/mol. The molecule has 4 heteroatoms. The zero-order valence-electron chi connectivity index (χ0n) is 15.1. The third-order valence-electron chi connectivity index (χ3n) is 5.48. The first-order valence-corrected chi connectivity index (χ1v) is 9.37. The summed E-state index contributed by atoms with van der Waals surface area (Å²) < 4.78 is 0. The van der Waals surface area contributed by atoms with Gasteiger partial charge in [0.15, 0.2) is 0 Å². The number of pyridine rings is 1. The SMILES string of the molecule is Nc1ccc2[nH]c3c(c2c1)CCN(Cc1ccccc1)C3c1cccnc1. The third-order valence-corrected chi connectivity index (χ3v) is 5.48. The highest BCUT2D eigenvalue weighted by Crippen LogP contribution is 2.39. The second-order valence-electron chi connectivity index (χ2n) is 7.22. The van der Waals surface area contributed by atoms with Crippen LogP contribution < -0.4 is 5.73 Å². The van der Waals surface area contributed by atoms with Crippen molar-refractivity contribution in [3.63, 3.8) is 0 Å². The van der Waals surface area contributed by atoms with Gasteiger partial charge in [-0.3, -0.25) is 9.88 Å². The molecular weight excluding hydrogens is 332 g/mol. The summed E-state index contributed by atoms with van der Waals surface area (Å²) in [5.41, 5.74) is 13.2. The van der Waals surface area contributed by atoms with Crippen molar-refractivity contribution >= 4 is 16.6 Å². The van der Waals surface area contributed by atoms with Crippen molar-refractivity contribution in [1.82, 2.24) is 14.9 Å². The van der Waals surface area contributed by atoms with Crippen molar-refractivity contribution in [2.45, 2.75) is 19.0 Å². The van der Waals surface area contributed by atoms with Crippen LogP contribution in [0.2, 0.25) is 0 Å². The highest BCUT2D eigenvalue weighted by Gasteiger charge is 2.31. The molecule has 3 heterocycles. The van der Waals surface area contributed by atoms with E-state index in [2.05, 4.69) is 63.4 Å². The first-order valence-electron chi connectivity index (χ1n) is 9.37. The number of benzene rings is 2. The number of nitrogen functional groups attached to an aromatic ring is 1. The number of hydrogen-bond acceptors (Lipinski definition) is 3. The van der Waals surface area contributed by atoms with Crippen LogP contribution in [0.4, 0.5) is 5.69 Å². The Bertz CT molecular complexity index is 1070. The second-order valence-corrected chi connectivity index (χ2v) is 7.22. The summed E-state index contributed by atoms with van der Waals surface area (Å²) in [7, 11) is 0. The molecule has 0 spiro atoms. The van der Waals surface area contributed by atoms with E-state index >= 15 is 0 Å². The molecule has 1 unspecified atom stereocenters. The number of fused-ring (bicyclic) bond motifs is 3. The fraction of sp³-hybridized carbons (Fsp3) is 0.174. The molecule has 2 aromatic carbocycles. The molecule has 134 valence electrons. The summed E-state index contributed by atoms with van der Waals surface area (Å²) in [5, 5.41) is 1.25. The molecule has 27 heavy (non-hydrogen) atoms. The number of rotatable bonds is 3. The van der Waals surface area contributed by atoms with Crippen molar-refractivity contribution in [3.8, 4) is 0 Å². The fourth-order valence-electron chi connectivity index (χ4n) is 4.26. The summed E-state index contributed by atoms with van der Waals surface area (Å²) in [6.07, 6.45) is 4.83. The van der Waals surface area contributed by atoms with Gasteiger partial charge < -0.3 is 10.7 Å². The van der Waals surface area contributed by atoms with E-state index in [1.165, 1.54) is 27.8 Å². The first-order chi connectivity index (χ1) is 13.3. The molecule has 0 radical (unpaired) electrons. The van der Waals surface area contributed by atoms with E-state index in [1.807, 2.05) is 24.5 Å². The minimum Gasteiger partial charge on any atom is -0.399 e. The predicted molar refractivity (Wildman–Crippen MR) is 109 cm³/mol. The number of anilines is 1. The lowest BCUT2D eigenvalue weighted by molar-refractivity contribution is 0.201. The molecular formula is C23H22N4. The molecule has 1 aliphatic heterocycles. The van der Waals surface area contributed by atoms with Gasteiger partial charge in [0.1, 0.15) is 0 Å². The lowest BCUT2D eigenvalue weighted by Gasteiger charge is -2.36. The summed E-state index contributed by atoms with van der Waals surface area (Å²) in [4.78, 5) is 10.6. The normalized spacial score (nSPS) is 17.1. The number of nitrogens with one attached hydrogen (secondary N) is 1. The molecule has 0 bridgehead atoms. The maximum atomic E-state index is 6.06. The van der Waals surface area contributed by atoms with Crippen molar-refractivity contribution in [2.24, 2.45) is 0 Å². The zero-order chi connectivity index (χ0) is 18.2. The van der Waals surface area contributed by atoms with E-state index < -0.39 is 0 Å². The largest absolute Gasteiger partial charge is 0.399 e. The van der Waals surface area contributed by atoms with Gasteiger partial charge in [-0.25, -0.2) is 0 Å². The lowest BCUT2D eigenvalue weighted by atomic mass is 9.92. The van der Waals surface area contributed by atoms with Crippen LogP contribution in [-0.2, 0) is 13.0 Å². The first kappa shape index (κ1) is 16.1. The molecule has 0 saturated carbocycles. The van der Waals surface area contributed by atoms with E-state index in [-0.39, 0.29) is 6.04 Å². The Morgan fingerprint density at radius 1 is 1.07 bits per heavy atom. The highest BCUT2D eigenvalue weighted by atomic mass is 15.2. The van der Waals surface area contributed by atoms with Crippen LogP contribution in [0.1, 0.15) is 28.4 Å². The molecule has 0 fully saturated rings. The zero-order valence-corrected chi connectivity index (χ0v) is 15.1. The molecule has 4 aromatic rings. The number of aromatic amines is 1. The van der Waals surface area contributed by atoms with Gasteiger partial charge >= 0.3 is 0 Å². The van der Waals surface area contributed by atoms with Gasteiger partial charge in [0.25, 0.3) is 0 Å². The Morgan fingerprint density at radius 3 is 2.78 bits per heavy atom. The lowest BCUT2D eigenvalue weighted by Crippen LogP contribution is -2.35. The summed E-state index contributed by atoms with van der Waals surface area (Å²) in [6, 6.07) is 21.2. The van der Waals surface area contributed by atoms with E-state index in [0.29, 0.717) is 0 Å². The second kappa shape index (κ2) is 6.56. The number of nitrogens with two attached hydrogens (primary N) is 1. The molecule has 0 saturated heterocycles. The molecule has 1 atom stereocenters. The molecule has 0 amide bonds. The average Bonchev–Trinajstić information content (AvgIpc) is 3.07. The van der Waals surface area contributed by atoms with Gasteiger partial charge in [0.05, 0.1) is 6.04 Å². The Morgan fingerprint density at radius 2 is 1.96 bits per heavy atom. The molecule has 4 nitrogen and oxygen atoms in total. The minimum atomic E-state index is 0.163. The van der Waals surface area contributed by atoms with E-state index in [1.54, 1.807) is 0 Å². The summed E-state index contributed by atoms with van der Waals surface area (Å²) >= 11 is 0. The van der Waals surface area contributed by atoms with Gasteiger partial charge in [0, 0.05) is 47.8 Å². The Hall–Kier alpha value is -3.11. The monoisotopic (exact) mass is 354 g/mol. The fourth-order valence-corrected chi connectivity index (χ4v) is 4.26. The quantitative estimate of drug-likeness (QED) is 0.540. The van der Waals surface area contributed by atoms with Crippen molar-refractivity contribution in [1.29, 1.82) is 0 Å². The number of nitrogens with zero attached hydrogens (tertiary/aromatic N) is 2. The van der Waals surface area contributed by atoms with Crippen LogP contribution in [0.15, 0.2) is 73.1 Å². The van der Waals surface area contributed by atoms with Gasteiger partial charge in [-0.05, 0) is 47.4 Å². The van der Waals surface area contributed by atoms with Gasteiger partial charge in [0.2, 0.25) is 0 Å². The standard InChI is InChI=1S/C23H22N4/c24-18-8-9-21-20(13-18)19-10-12-27(15-16-5-2-1-3-6-16)23(22(19)26-21)17-7-4-11-25-14-17/h1-9,11,13-14,23,26H,10,12,15,24H2. The molecule has 1 aliphatic rings. The van der Waals surface area contributed by atoms with E-state index in [9.17, 15) is 0 Å². The van der Waals surface area contributed by atoms with E-state index in [0.717, 1.165) is 30.7 Å². The van der Waals surface area contributed by atoms with Crippen LogP contribution in [0.25, 0.3) is 10.9 Å². The van der Waals surface area contributed by atoms with Gasteiger partial charge in [-0.1, -0.05) is 36.4 Å². The Labute approximate surface area is 158 Å². The summed E-state index contributed by atoms with van der Waals surface area (Å²) in [5.74, 6) is 0. The van der Waals surface area contributed by atoms with Gasteiger partial charge in [-0.2, -0.15) is 0 Å². The van der Waals surface area contributed by atoms with Crippen LogP contribution in [0.3, 0.4) is 0 Å². The molecule has 0 aliphatic carbocycles. The smallest absolute Gasteiger partial charge is 0.0775 e. The van der Waals surface area contributed by atoms with Crippen molar-refractivity contribution in [2.75, 3.05) is 12.3 Å². The minimum absolute atomic E-state index is 0.163. The van der Waals surface area contributed by atoms with Crippen molar-refractivity contribution < 1.29 is 0 Å². The van der Waals surface area contributed by atoms with Crippen LogP contribution in [0, 0.1) is 0 Å². The van der Waals surface area contributed by atoms with Crippen LogP contribution >= 0.6 is 0 Å². The highest BCUT2D eigenvalue weighted by molar-refractivity contribution is 5.88. The Kier molecular flexibility index (Phi) is 3.91. The molecule has 3 N–H and O–H groups in total. The van der Waals surface area contributed by atoms with E-state index in [4.69, 9.17) is 5.73 Å². The van der Waals surface area contributed by atoms with Crippen LogP contribution in [0.5, 0.6) is 0 Å².